The van der Waals surface area contributed by atoms with Crippen LogP contribution in [0.5, 0.6) is 0 Å². The number of nitrogens with zero attached hydrogens (tertiary/aromatic N) is 4. The van der Waals surface area contributed by atoms with Gasteiger partial charge in [-0.25, -0.2) is 8.42 Å². The summed E-state index contributed by atoms with van der Waals surface area (Å²) in [7, 11) is -2.01. The van der Waals surface area contributed by atoms with Crippen LogP contribution in [0.2, 0.25) is 10.0 Å². The van der Waals surface area contributed by atoms with Crippen molar-refractivity contribution in [1.29, 1.82) is 0 Å². The number of aliphatic hydroxyl groups is 1. The molecule has 0 spiro atoms. The van der Waals surface area contributed by atoms with E-state index >= 15 is 0 Å². The average Bonchev–Trinajstić information content (AvgIpc) is 3.34. The molecular formula is C31H34Cl2N4O5S. The summed E-state index contributed by atoms with van der Waals surface area (Å²) in [5, 5.41) is 17.1. The van der Waals surface area contributed by atoms with Crippen molar-refractivity contribution in [3.05, 3.63) is 74.9 Å². The van der Waals surface area contributed by atoms with E-state index in [0.29, 0.717) is 66.7 Å². The smallest absolute Gasteiger partial charge is 0.308 e. The second-order valence-corrected chi connectivity index (χ2v) is 13.8. The SMILES string of the molecule is COC(=O)C1CCN(CC(O)Cn2nc(-c3ccc(Cl)c(C#Cc4ccc(Cl)cc4)c3)c3c2CCN(S(C)(=O)=O)C3)CC1. The van der Waals surface area contributed by atoms with Crippen LogP contribution in [0, 0.1) is 17.8 Å². The van der Waals surface area contributed by atoms with Crippen LogP contribution in [0.15, 0.2) is 42.5 Å². The minimum absolute atomic E-state index is 0.1000. The molecule has 0 radical (unpaired) electrons. The van der Waals surface area contributed by atoms with Crippen LogP contribution >= 0.6 is 23.2 Å². The van der Waals surface area contributed by atoms with Crippen molar-refractivity contribution < 1.29 is 23.1 Å². The zero-order valence-electron chi connectivity index (χ0n) is 24.1. The molecule has 228 valence electrons. The fourth-order valence-corrected chi connectivity index (χ4v) is 6.72. The summed E-state index contributed by atoms with van der Waals surface area (Å²) < 4.78 is 33.0. The third kappa shape index (κ3) is 7.60. The number of sulfonamides is 1. The number of piperidine rings is 1. The number of aromatic nitrogens is 2. The predicted molar refractivity (Wildman–Crippen MR) is 166 cm³/mol. The third-order valence-corrected chi connectivity index (χ3v) is 9.80. The fourth-order valence-electron chi connectivity index (χ4n) is 5.65. The van der Waals surface area contributed by atoms with Crippen molar-refractivity contribution in [2.45, 2.75) is 38.5 Å². The van der Waals surface area contributed by atoms with E-state index in [1.165, 1.54) is 17.7 Å². The van der Waals surface area contributed by atoms with E-state index in [4.69, 9.17) is 33.0 Å². The molecule has 1 unspecified atom stereocenters. The van der Waals surface area contributed by atoms with Gasteiger partial charge in [-0.3, -0.25) is 9.48 Å². The van der Waals surface area contributed by atoms with E-state index in [2.05, 4.69) is 16.7 Å². The van der Waals surface area contributed by atoms with Crippen LogP contribution in [0.3, 0.4) is 0 Å². The summed E-state index contributed by atoms with van der Waals surface area (Å²) in [5.74, 6) is 5.96. The number of rotatable bonds is 7. The minimum Gasteiger partial charge on any atom is -0.469 e. The van der Waals surface area contributed by atoms with Crippen molar-refractivity contribution in [2.75, 3.05) is 39.5 Å². The third-order valence-electron chi connectivity index (χ3n) is 7.97. The Morgan fingerprint density at radius 3 is 2.49 bits per heavy atom. The van der Waals surface area contributed by atoms with Crippen molar-refractivity contribution in [2.24, 2.45) is 5.92 Å². The van der Waals surface area contributed by atoms with E-state index in [0.717, 1.165) is 22.4 Å². The van der Waals surface area contributed by atoms with Gasteiger partial charge < -0.3 is 14.7 Å². The topological polar surface area (TPSA) is 105 Å². The molecule has 1 saturated heterocycles. The van der Waals surface area contributed by atoms with E-state index < -0.39 is 16.1 Å². The number of β-amino-alcohol motifs (C(OH)–C–C–N with tert-alkyl or cyclic N) is 1. The first-order chi connectivity index (χ1) is 20.5. The number of esters is 1. The molecule has 43 heavy (non-hydrogen) atoms. The maximum atomic E-state index is 12.5. The Kier molecular flexibility index (Phi) is 9.81. The van der Waals surface area contributed by atoms with Crippen molar-refractivity contribution in [3.63, 3.8) is 0 Å². The molecule has 9 nitrogen and oxygen atoms in total. The Morgan fingerprint density at radius 2 is 1.81 bits per heavy atom. The molecule has 3 heterocycles. The molecule has 0 bridgehead atoms. The monoisotopic (exact) mass is 644 g/mol. The van der Waals surface area contributed by atoms with Gasteiger partial charge in [0.15, 0.2) is 0 Å². The molecule has 1 atom stereocenters. The van der Waals surface area contributed by atoms with Crippen LogP contribution in [-0.4, -0.2) is 84.1 Å². The lowest BCUT2D eigenvalue weighted by Crippen LogP contribution is -2.42. The first kappa shape index (κ1) is 31.5. The molecule has 1 fully saturated rings. The lowest BCUT2D eigenvalue weighted by molar-refractivity contribution is -0.147. The van der Waals surface area contributed by atoms with Gasteiger partial charge in [0.1, 0.15) is 0 Å². The van der Waals surface area contributed by atoms with Gasteiger partial charge in [-0.1, -0.05) is 41.1 Å². The minimum atomic E-state index is -3.42. The highest BCUT2D eigenvalue weighted by Gasteiger charge is 2.31. The van der Waals surface area contributed by atoms with E-state index in [1.54, 1.807) is 18.2 Å². The number of ether oxygens (including phenoxy) is 1. The number of hydrogen-bond acceptors (Lipinski definition) is 7. The first-order valence-electron chi connectivity index (χ1n) is 14.1. The molecule has 0 amide bonds. The van der Waals surface area contributed by atoms with E-state index in [-0.39, 0.29) is 25.0 Å². The van der Waals surface area contributed by atoms with Crippen LogP contribution < -0.4 is 0 Å². The van der Waals surface area contributed by atoms with Crippen molar-refractivity contribution >= 4 is 39.2 Å². The molecule has 3 aromatic rings. The average molecular weight is 646 g/mol. The van der Waals surface area contributed by atoms with Gasteiger partial charge in [0.05, 0.1) is 42.6 Å². The standard InChI is InChI=1S/C31H34Cl2N4O5S/c1-42-31(39)22-11-14-35(15-12-22)18-26(38)19-37-29-13-16-36(43(2,40)41)20-27(29)30(34-37)24-7-10-28(33)23(17-24)6-3-21-4-8-25(32)9-5-21/h4-5,7-10,17,22,26,38H,11-16,18-20H2,1-2H3. The van der Waals surface area contributed by atoms with Crippen LogP contribution in [0.1, 0.15) is 35.2 Å². The lowest BCUT2D eigenvalue weighted by Gasteiger charge is -2.32. The number of hydrogen-bond donors (Lipinski definition) is 1. The Hall–Kier alpha value is -2.91. The fraction of sp³-hybridized carbons (Fsp3) is 0.419. The number of carbonyl (C=O) groups excluding carboxylic acids is 1. The number of methoxy groups -OCH3 is 1. The highest BCUT2D eigenvalue weighted by atomic mass is 35.5. The molecule has 2 aromatic carbocycles. The molecular weight excluding hydrogens is 611 g/mol. The summed E-state index contributed by atoms with van der Waals surface area (Å²) in [6.45, 7) is 2.63. The zero-order chi connectivity index (χ0) is 30.7. The number of fused-ring (bicyclic) bond motifs is 1. The quantitative estimate of drug-likeness (QED) is 0.308. The number of halogens is 2. The van der Waals surface area contributed by atoms with Crippen molar-refractivity contribution in [1.82, 2.24) is 19.0 Å². The van der Waals surface area contributed by atoms with E-state index in [9.17, 15) is 18.3 Å². The predicted octanol–water partition coefficient (Wildman–Crippen LogP) is 3.82. The number of aliphatic hydroxyl groups excluding tert-OH is 1. The van der Waals surface area contributed by atoms with Gasteiger partial charge in [-0.2, -0.15) is 9.40 Å². The van der Waals surface area contributed by atoms with Crippen molar-refractivity contribution in [3.8, 4) is 23.1 Å². The number of benzene rings is 2. The Morgan fingerprint density at radius 1 is 1.09 bits per heavy atom. The van der Waals surface area contributed by atoms with Gasteiger partial charge in [0, 0.05) is 59.0 Å². The summed E-state index contributed by atoms with van der Waals surface area (Å²) >= 11 is 12.5. The number of likely N-dealkylation sites (tertiary alicyclic amines) is 1. The van der Waals surface area contributed by atoms with Gasteiger partial charge in [-0.15, -0.1) is 0 Å². The largest absolute Gasteiger partial charge is 0.469 e. The molecule has 5 rings (SSSR count). The molecule has 2 aliphatic rings. The molecule has 0 aliphatic carbocycles. The molecule has 1 N–H and O–H groups in total. The first-order valence-corrected chi connectivity index (χ1v) is 16.7. The van der Waals surface area contributed by atoms with Crippen LogP contribution in [-0.2, 0) is 39.1 Å². The van der Waals surface area contributed by atoms with Crippen LogP contribution in [0.25, 0.3) is 11.3 Å². The molecule has 0 saturated carbocycles. The molecule has 12 heteroatoms. The summed E-state index contributed by atoms with van der Waals surface area (Å²) in [5.41, 5.74) is 4.52. The second kappa shape index (κ2) is 13.4. The Bertz CT molecular complexity index is 1660. The number of carbonyl (C=O) groups is 1. The normalized spacial score (nSPS) is 17.1. The van der Waals surface area contributed by atoms with E-state index in [1.807, 2.05) is 28.9 Å². The van der Waals surface area contributed by atoms with Gasteiger partial charge in [-0.05, 0) is 62.3 Å². The molecule has 2 aliphatic heterocycles. The highest BCUT2D eigenvalue weighted by Crippen LogP contribution is 2.33. The Labute approximate surface area is 262 Å². The van der Waals surface area contributed by atoms with Gasteiger partial charge >= 0.3 is 5.97 Å². The maximum absolute atomic E-state index is 12.5. The van der Waals surface area contributed by atoms with Gasteiger partial charge in [0.25, 0.3) is 0 Å². The maximum Gasteiger partial charge on any atom is 0.308 e. The Balaban J connectivity index is 1.41. The summed E-state index contributed by atoms with van der Waals surface area (Å²) in [4.78, 5) is 14.0. The van der Waals surface area contributed by atoms with Crippen LogP contribution in [0.4, 0.5) is 0 Å². The summed E-state index contributed by atoms with van der Waals surface area (Å²) in [6.07, 6.45) is 2.38. The molecule has 1 aromatic heterocycles. The lowest BCUT2D eigenvalue weighted by atomic mass is 9.97. The zero-order valence-corrected chi connectivity index (χ0v) is 26.4. The van der Waals surface area contributed by atoms with Gasteiger partial charge in [0.2, 0.25) is 10.0 Å². The second-order valence-electron chi connectivity index (χ2n) is 11.0. The highest BCUT2D eigenvalue weighted by molar-refractivity contribution is 7.88. The summed E-state index contributed by atoms with van der Waals surface area (Å²) in [6, 6.07) is 12.7.